The molecule has 0 aromatic heterocycles. The van der Waals surface area contributed by atoms with Crippen LogP contribution in [0.1, 0.15) is 135 Å². The van der Waals surface area contributed by atoms with E-state index in [4.69, 9.17) is 71.1 Å². The smallest absolute Gasteiger partial charge is 0.407 e. The quantitative estimate of drug-likeness (QED) is 0.0240. The van der Waals surface area contributed by atoms with Gasteiger partial charge in [0.1, 0.15) is 68.0 Å². The second-order valence-electron chi connectivity index (χ2n) is 30.0. The third-order valence-electron chi connectivity index (χ3n) is 19.9. The van der Waals surface area contributed by atoms with Crippen molar-refractivity contribution in [2.75, 3.05) is 26.4 Å². The van der Waals surface area contributed by atoms with Gasteiger partial charge in [-0.1, -0.05) is 158 Å². The molecule has 8 aromatic carbocycles. The van der Waals surface area contributed by atoms with Gasteiger partial charge in [0.05, 0.1) is 46.1 Å². The number of ether oxygens (including phenoxy) is 15. The van der Waals surface area contributed by atoms with E-state index in [-0.39, 0.29) is 40.0 Å². The number of esters is 8. The molecule has 3 fully saturated rings. The van der Waals surface area contributed by atoms with Gasteiger partial charge in [-0.2, -0.15) is 0 Å². The van der Waals surface area contributed by atoms with Crippen molar-refractivity contribution in [2.24, 2.45) is 0 Å². The summed E-state index contributed by atoms with van der Waals surface area (Å²) in [5, 5.41) is 10.8. The highest BCUT2D eigenvalue weighted by Crippen LogP contribution is 2.45. The first-order chi connectivity index (χ1) is 58.6. The van der Waals surface area contributed by atoms with Crippen molar-refractivity contribution < 1.29 is 129 Å². The van der Waals surface area contributed by atoms with E-state index in [2.05, 4.69) is 21.3 Å². The van der Waals surface area contributed by atoms with Crippen LogP contribution >= 0.6 is 0 Å². The van der Waals surface area contributed by atoms with Gasteiger partial charge in [-0.25, -0.2) is 38.4 Å². The number of amides is 4. The maximum absolute atomic E-state index is 14.9. The van der Waals surface area contributed by atoms with Crippen LogP contribution in [-0.4, -0.2) is 208 Å². The van der Waals surface area contributed by atoms with Gasteiger partial charge in [0.25, 0.3) is 0 Å². The fourth-order valence-electron chi connectivity index (χ4n) is 14.5. The molecule has 0 spiro atoms. The lowest BCUT2D eigenvalue weighted by atomic mass is 9.93. The molecule has 12 rings (SSSR count). The van der Waals surface area contributed by atoms with Gasteiger partial charge < -0.3 is 92.3 Å². The normalized spacial score (nSPS) is 23.3. The first-order valence-electron chi connectivity index (χ1n) is 39.3. The largest absolute Gasteiger partial charge is 0.459 e. The number of fused-ring (bicyclic) bond motifs is 3. The summed E-state index contributed by atoms with van der Waals surface area (Å²) in [6.07, 6.45) is -25.9. The van der Waals surface area contributed by atoms with Crippen LogP contribution in [0.3, 0.4) is 0 Å². The SMILES string of the molecule is CC(=O)N[C@H]1[C@@H](O[C@H](C)[C@H](NC(=O)OCC2c3ccccc3-c3ccccc32)C(=O)OC(C)(C)C)O[C@H](CO[C@@H]2O[C@H](COC(=O)c3ccccc3)[C@@H](OC(=O)c3ccccc3)[C@H](OC(=O)c3ccccc3)[C@H]2NC(C)=O)[C@H](OC(C)=O)[C@@H]1O[C@@H]1O[C@H](COC(=O)c2ccccc2)[C@@H](OC(=O)c2ccccc2)[C@H](OC(=O)c2ccccc2)[C@H]1NC(C)=O. The molecule has 0 saturated carbocycles. The van der Waals surface area contributed by atoms with Gasteiger partial charge in [0.15, 0.2) is 55.4 Å². The number of alkyl carbamates (subject to hydrolysis) is 1. The molecule has 638 valence electrons. The lowest BCUT2D eigenvalue weighted by Crippen LogP contribution is -2.71. The Balaban J connectivity index is 0.979. The fraction of sp³-hybridized carbons (Fsp3) is 0.341. The van der Waals surface area contributed by atoms with Gasteiger partial charge >= 0.3 is 53.8 Å². The third kappa shape index (κ3) is 22.7. The number of nitrogens with one attached hydrogen (secondary N) is 4. The summed E-state index contributed by atoms with van der Waals surface area (Å²) < 4.78 is 96.6. The Morgan fingerprint density at radius 3 is 1.07 bits per heavy atom. The minimum atomic E-state index is -2.14. The molecule has 3 aliphatic heterocycles. The molecule has 31 nitrogen and oxygen atoms in total. The number of carbonyl (C=O) groups excluding carboxylic acids is 12. The Labute approximate surface area is 701 Å². The van der Waals surface area contributed by atoms with Crippen molar-refractivity contribution in [3.05, 3.63) is 275 Å². The average molecular weight is 1670 g/mol. The monoisotopic (exact) mass is 1670 g/mol. The Morgan fingerprint density at radius 1 is 0.361 bits per heavy atom. The van der Waals surface area contributed by atoms with Crippen LogP contribution in [0.25, 0.3) is 11.1 Å². The summed E-state index contributed by atoms with van der Waals surface area (Å²) in [5.74, 6) is -11.1. The Morgan fingerprint density at radius 2 is 0.689 bits per heavy atom. The van der Waals surface area contributed by atoms with Crippen molar-refractivity contribution >= 4 is 71.6 Å². The van der Waals surface area contributed by atoms with Gasteiger partial charge in [-0.15, -0.1) is 0 Å². The molecule has 0 radical (unpaired) electrons. The molecule has 122 heavy (non-hydrogen) atoms. The van der Waals surface area contributed by atoms with Crippen molar-refractivity contribution in [1.29, 1.82) is 0 Å². The van der Waals surface area contributed by atoms with Crippen LogP contribution in [0.15, 0.2) is 231 Å². The molecule has 3 heterocycles. The van der Waals surface area contributed by atoms with E-state index in [0.717, 1.165) is 49.9 Å². The summed E-state index contributed by atoms with van der Waals surface area (Å²) in [7, 11) is 0. The van der Waals surface area contributed by atoms with E-state index in [1.54, 1.807) is 118 Å². The molecule has 17 atom stereocenters. The molecular weight excluding hydrogens is 1580 g/mol. The van der Waals surface area contributed by atoms with Gasteiger partial charge in [-0.05, 0) is 123 Å². The van der Waals surface area contributed by atoms with E-state index in [1.165, 1.54) is 91.9 Å². The van der Waals surface area contributed by atoms with E-state index >= 15 is 0 Å². The van der Waals surface area contributed by atoms with E-state index in [9.17, 15) is 57.5 Å². The molecule has 3 saturated heterocycles. The number of carbonyl (C=O) groups is 12. The Bertz CT molecular complexity index is 4960. The molecule has 0 unspecified atom stereocenters. The molecule has 8 aromatic rings. The maximum atomic E-state index is 14.9. The summed E-state index contributed by atoms with van der Waals surface area (Å²) >= 11 is 0. The first-order valence-corrected chi connectivity index (χ1v) is 39.3. The summed E-state index contributed by atoms with van der Waals surface area (Å²) in [5.41, 5.74) is 2.38. The second-order valence-corrected chi connectivity index (χ2v) is 30.0. The van der Waals surface area contributed by atoms with Gasteiger partial charge in [0.2, 0.25) is 17.7 Å². The average Bonchev–Trinajstić information content (AvgIpc) is 1.33. The van der Waals surface area contributed by atoms with Gasteiger partial charge in [0, 0.05) is 33.6 Å². The lowest BCUT2D eigenvalue weighted by molar-refractivity contribution is -0.340. The number of benzene rings is 8. The predicted octanol–water partition coefficient (Wildman–Crippen LogP) is 9.28. The lowest BCUT2D eigenvalue weighted by Gasteiger charge is -2.50. The van der Waals surface area contributed by atoms with Crippen molar-refractivity contribution in [1.82, 2.24) is 21.3 Å². The zero-order chi connectivity index (χ0) is 86.7. The zero-order valence-electron chi connectivity index (χ0n) is 67.7. The second kappa shape index (κ2) is 40.8. The van der Waals surface area contributed by atoms with E-state index < -0.39 is 207 Å². The Kier molecular flexibility index (Phi) is 29.5. The van der Waals surface area contributed by atoms with Gasteiger partial charge in [-0.3, -0.25) is 19.2 Å². The molecule has 31 heteroatoms. The van der Waals surface area contributed by atoms with Crippen LogP contribution in [-0.2, 0) is 95.0 Å². The van der Waals surface area contributed by atoms with Crippen molar-refractivity contribution in [3.8, 4) is 11.1 Å². The standard InChI is InChI=1S/C91H92N4O27/c1-51(70(86(106)122-91(6,7)8)95-90(107)111-47-66-64-45-29-27-43-62(64)63-44-28-30-46-65(63)66)112-88-73(94-54(4)98)79(121-89-72(93-53(3)97)78(120-85(105)61-41-25-14-26-42-61)76(118-83(103)59-37-21-12-22-38-59)68(116-89)49-109-81(101)57-33-17-10-18-34-57)74(113-55(5)99)69(115-88)50-110-87-71(92-52(2)96)77(119-84(104)60-39-23-13-24-40-60)75(117-82(102)58-35-19-11-20-36-58)67(114-87)48-108-80(100)56-31-15-9-16-32-56/h9-46,51,66-79,87-89H,47-50H2,1-8H3,(H,92,96)(H,93,97)(H,94,98)(H,95,107)/t51-,67-,68-,69-,70+,71-,72-,73-,74+,75-,76-,77-,78-,79-,87-,88+,89+/m1/s1. The fourth-order valence-corrected chi connectivity index (χ4v) is 14.5. The highest BCUT2D eigenvalue weighted by molar-refractivity contribution is 5.93. The number of hydrogen-bond acceptors (Lipinski definition) is 27. The van der Waals surface area contributed by atoms with Crippen molar-refractivity contribution in [3.63, 3.8) is 0 Å². The summed E-state index contributed by atoms with van der Waals surface area (Å²) in [4.78, 5) is 172. The maximum Gasteiger partial charge on any atom is 0.407 e. The van der Waals surface area contributed by atoms with Crippen LogP contribution < -0.4 is 21.3 Å². The molecule has 4 N–H and O–H groups in total. The molecule has 0 bridgehead atoms. The third-order valence-corrected chi connectivity index (χ3v) is 19.9. The highest BCUT2D eigenvalue weighted by Gasteiger charge is 2.59. The van der Waals surface area contributed by atoms with Crippen LogP contribution in [0, 0.1) is 0 Å². The first kappa shape index (κ1) is 88.3. The van der Waals surface area contributed by atoms with E-state index in [0.29, 0.717) is 0 Å². The van der Waals surface area contributed by atoms with Crippen LogP contribution in [0.4, 0.5) is 4.79 Å². The predicted molar refractivity (Wildman–Crippen MR) is 430 cm³/mol. The molecule has 1 aliphatic carbocycles. The number of hydrogen-bond donors (Lipinski definition) is 4. The minimum Gasteiger partial charge on any atom is -0.459 e. The molecule has 4 amide bonds. The molecule has 4 aliphatic rings. The molecular formula is C91H92N4O27. The summed E-state index contributed by atoms with van der Waals surface area (Å²) in [6.45, 7) is 7.48. The Hall–Kier alpha value is -13.0. The van der Waals surface area contributed by atoms with Crippen LogP contribution in [0.2, 0.25) is 0 Å². The minimum absolute atomic E-state index is 0.00556. The van der Waals surface area contributed by atoms with E-state index in [1.807, 2.05) is 48.5 Å². The highest BCUT2D eigenvalue weighted by atomic mass is 16.8. The zero-order valence-corrected chi connectivity index (χ0v) is 67.7. The summed E-state index contributed by atoms with van der Waals surface area (Å²) in [6, 6.07) is 53.6. The topological polar surface area (TPSA) is 391 Å². The number of rotatable bonds is 30. The van der Waals surface area contributed by atoms with Crippen molar-refractivity contribution in [2.45, 2.75) is 171 Å². The van der Waals surface area contributed by atoms with Crippen LogP contribution in [0.5, 0.6) is 0 Å².